The van der Waals surface area contributed by atoms with Crippen LogP contribution in [0.5, 0.6) is 0 Å². The molecule has 0 aromatic rings. The summed E-state index contributed by atoms with van der Waals surface area (Å²) in [5, 5.41) is 8.45. The van der Waals surface area contributed by atoms with Gasteiger partial charge < -0.3 is 10.6 Å². The van der Waals surface area contributed by atoms with Gasteiger partial charge in [0.05, 0.1) is 17.7 Å². The van der Waals surface area contributed by atoms with E-state index in [1.807, 2.05) is 20.0 Å². The van der Waals surface area contributed by atoms with Gasteiger partial charge in [-0.3, -0.25) is 5.32 Å². The van der Waals surface area contributed by atoms with Crippen molar-refractivity contribution in [1.29, 1.82) is 0 Å². The number of halogens is 1. The van der Waals surface area contributed by atoms with Crippen LogP contribution in [-0.2, 0) is 0 Å². The van der Waals surface area contributed by atoms with Crippen molar-refractivity contribution in [2.45, 2.75) is 24.6 Å². The van der Waals surface area contributed by atoms with Crippen LogP contribution >= 0.6 is 11.6 Å². The zero-order valence-electron chi connectivity index (χ0n) is 6.98. The number of nitrogens with zero attached hydrogens (tertiary/aromatic N) is 1. The van der Waals surface area contributed by atoms with E-state index in [0.717, 1.165) is 5.70 Å². The fourth-order valence-electron chi connectivity index (χ4n) is 1.41. The van der Waals surface area contributed by atoms with Crippen LogP contribution in [0.2, 0.25) is 0 Å². The number of hydrogen-bond acceptors (Lipinski definition) is 4. The van der Waals surface area contributed by atoms with E-state index in [4.69, 9.17) is 11.6 Å². The molecule has 0 saturated carbocycles. The van der Waals surface area contributed by atoms with Gasteiger partial charge in [-0.05, 0) is 13.8 Å². The van der Waals surface area contributed by atoms with Crippen LogP contribution in [0.15, 0.2) is 16.9 Å². The molecule has 1 fully saturated rings. The maximum Gasteiger partial charge on any atom is 0.231 e. The zero-order valence-corrected chi connectivity index (χ0v) is 7.74. The summed E-state index contributed by atoms with van der Waals surface area (Å²) in [6, 6.07) is 0. The average Bonchev–Trinajstić information content (AvgIpc) is 2.16. The number of fused-ring (bicyclic) bond motifs is 1. The van der Waals surface area contributed by atoms with E-state index in [9.17, 15) is 0 Å². The molecular formula is C7H11ClN4. The molecule has 0 spiro atoms. The van der Waals surface area contributed by atoms with E-state index in [-0.39, 0.29) is 5.66 Å². The van der Waals surface area contributed by atoms with Crippen molar-refractivity contribution in [3.63, 3.8) is 0 Å². The van der Waals surface area contributed by atoms with E-state index >= 15 is 0 Å². The Balaban J connectivity index is 2.35. The first-order chi connectivity index (χ1) is 5.52. The highest BCUT2D eigenvalue weighted by molar-refractivity contribution is 6.26. The molecule has 2 aliphatic rings. The first kappa shape index (κ1) is 7.89. The van der Waals surface area contributed by atoms with Gasteiger partial charge in [0.25, 0.3) is 0 Å². The Morgan fingerprint density at radius 3 is 2.92 bits per heavy atom. The average molecular weight is 187 g/mol. The molecule has 0 aromatic heterocycles. The molecule has 2 aliphatic heterocycles. The molecular weight excluding hydrogens is 176 g/mol. The largest absolute Gasteiger partial charge is 0.366 e. The second-order valence-corrected chi connectivity index (χ2v) is 4.03. The predicted molar refractivity (Wildman–Crippen MR) is 48.6 cm³/mol. The van der Waals surface area contributed by atoms with Crippen molar-refractivity contribution in [1.82, 2.24) is 16.0 Å². The van der Waals surface area contributed by atoms with Crippen molar-refractivity contribution >= 4 is 17.9 Å². The van der Waals surface area contributed by atoms with Crippen LogP contribution in [0.1, 0.15) is 13.8 Å². The third kappa shape index (κ3) is 1.07. The van der Waals surface area contributed by atoms with E-state index in [0.29, 0.717) is 0 Å². The Morgan fingerprint density at radius 2 is 2.25 bits per heavy atom. The molecule has 5 heteroatoms. The maximum atomic E-state index is 6.18. The Bertz CT molecular complexity index is 271. The van der Waals surface area contributed by atoms with Gasteiger partial charge in [-0.25, -0.2) is 4.99 Å². The first-order valence-electron chi connectivity index (χ1n) is 3.79. The minimum Gasteiger partial charge on any atom is -0.366 e. The number of hydrogen-bond donors (Lipinski definition) is 3. The van der Waals surface area contributed by atoms with Gasteiger partial charge >= 0.3 is 0 Å². The summed E-state index contributed by atoms with van der Waals surface area (Å²) in [4.78, 5) is 4.11. The predicted octanol–water partition coefficient (Wildman–Crippen LogP) is 0.281. The van der Waals surface area contributed by atoms with Crippen LogP contribution in [0.4, 0.5) is 0 Å². The van der Waals surface area contributed by atoms with Crippen molar-refractivity contribution < 1.29 is 0 Å². The Labute approximate surface area is 76.1 Å². The summed E-state index contributed by atoms with van der Waals surface area (Å²) < 4.78 is 0. The molecule has 0 aliphatic carbocycles. The van der Waals surface area contributed by atoms with E-state index in [1.165, 1.54) is 0 Å². The molecule has 0 bridgehead atoms. The van der Waals surface area contributed by atoms with Crippen LogP contribution in [0, 0.1) is 0 Å². The molecule has 0 amide bonds. The summed E-state index contributed by atoms with van der Waals surface area (Å²) in [5.41, 5.74) is 0.647. The lowest BCUT2D eigenvalue weighted by Gasteiger charge is -2.21. The van der Waals surface area contributed by atoms with Crippen LogP contribution in [-0.4, -0.2) is 17.1 Å². The molecule has 3 N–H and O–H groups in total. The van der Waals surface area contributed by atoms with Gasteiger partial charge in [0.1, 0.15) is 0 Å². The van der Waals surface area contributed by atoms with Crippen molar-refractivity contribution in [3.8, 4) is 0 Å². The maximum absolute atomic E-state index is 6.18. The standard InChI is InChI=1S/C7H11ClN4/c1-6(2)11-5-3-9-4-10-7(5,8)12-6/h3-4,11-12H,1-2H3,(H,9,10). The third-order valence-corrected chi connectivity index (χ3v) is 2.22. The molecule has 0 radical (unpaired) electrons. The second kappa shape index (κ2) is 2.14. The van der Waals surface area contributed by atoms with Crippen LogP contribution < -0.4 is 16.0 Å². The normalized spacial score (nSPS) is 36.4. The monoisotopic (exact) mass is 186 g/mol. The summed E-state index contributed by atoms with van der Waals surface area (Å²) >= 11 is 6.18. The number of nitrogens with one attached hydrogen (secondary N) is 3. The van der Waals surface area contributed by atoms with Crippen LogP contribution in [0.25, 0.3) is 0 Å². The summed E-state index contributed by atoms with van der Waals surface area (Å²) in [6.45, 7) is 4.01. The number of aliphatic imine (C=N–C) groups is 1. The fourth-order valence-corrected chi connectivity index (χ4v) is 1.80. The molecule has 4 nitrogen and oxygen atoms in total. The van der Waals surface area contributed by atoms with Gasteiger partial charge in [0, 0.05) is 6.20 Å². The lowest BCUT2D eigenvalue weighted by atomic mass is 10.3. The molecule has 1 atom stereocenters. The highest BCUT2D eigenvalue weighted by atomic mass is 35.5. The lowest BCUT2D eigenvalue weighted by Crippen LogP contribution is -2.46. The Morgan fingerprint density at radius 1 is 1.50 bits per heavy atom. The topological polar surface area (TPSA) is 48.5 Å². The third-order valence-electron chi connectivity index (χ3n) is 1.83. The van der Waals surface area contributed by atoms with E-state index < -0.39 is 5.12 Å². The number of rotatable bonds is 0. The van der Waals surface area contributed by atoms with Crippen molar-refractivity contribution in [2.24, 2.45) is 4.99 Å². The smallest absolute Gasteiger partial charge is 0.231 e. The summed E-state index contributed by atoms with van der Waals surface area (Å²) in [5.74, 6) is 0. The second-order valence-electron chi connectivity index (χ2n) is 3.48. The summed E-state index contributed by atoms with van der Waals surface area (Å²) in [7, 11) is 0. The van der Waals surface area contributed by atoms with Gasteiger partial charge in [-0.2, -0.15) is 0 Å². The van der Waals surface area contributed by atoms with Crippen molar-refractivity contribution in [2.75, 3.05) is 0 Å². The molecule has 1 unspecified atom stereocenters. The quantitative estimate of drug-likeness (QED) is 0.376. The fraction of sp³-hybridized carbons (Fsp3) is 0.571. The highest BCUT2D eigenvalue weighted by Gasteiger charge is 2.45. The molecule has 0 aromatic carbocycles. The van der Waals surface area contributed by atoms with E-state index in [1.54, 1.807) is 6.34 Å². The Kier molecular flexibility index (Phi) is 1.41. The summed E-state index contributed by atoms with van der Waals surface area (Å²) in [6.07, 6.45) is 3.38. The Hall–Kier alpha value is -0.740. The SMILES string of the molecule is CC1(C)NC2=CNC=NC2(Cl)N1. The molecule has 2 heterocycles. The molecule has 2 rings (SSSR count). The van der Waals surface area contributed by atoms with Crippen molar-refractivity contribution in [3.05, 3.63) is 11.9 Å². The van der Waals surface area contributed by atoms with Gasteiger partial charge in [0.2, 0.25) is 5.12 Å². The highest BCUT2D eigenvalue weighted by Crippen LogP contribution is 2.31. The molecule has 1 saturated heterocycles. The van der Waals surface area contributed by atoms with Crippen LogP contribution in [0.3, 0.4) is 0 Å². The number of alkyl halides is 1. The van der Waals surface area contributed by atoms with E-state index in [2.05, 4.69) is 20.9 Å². The molecule has 66 valence electrons. The van der Waals surface area contributed by atoms with Gasteiger partial charge in [-0.15, -0.1) is 0 Å². The zero-order chi connectivity index (χ0) is 8.82. The minimum absolute atomic E-state index is 0.211. The van der Waals surface area contributed by atoms with Gasteiger partial charge in [-0.1, -0.05) is 11.6 Å². The lowest BCUT2D eigenvalue weighted by molar-refractivity contribution is 0.384. The first-order valence-corrected chi connectivity index (χ1v) is 4.16. The van der Waals surface area contributed by atoms with Gasteiger partial charge in [0.15, 0.2) is 0 Å². The molecule has 12 heavy (non-hydrogen) atoms. The minimum atomic E-state index is -0.797.